The molecular formula is C18H16Cl2N4O3. The van der Waals surface area contributed by atoms with E-state index < -0.39 is 18.1 Å². The SMILES string of the molecule is O=C(O)[C@H](O)[C@@H]1CCCN1c1cc(-n2ccnc2)c2ccc(Cl)c(Cl)c2n1. The minimum Gasteiger partial charge on any atom is -0.479 e. The maximum atomic E-state index is 11.3. The zero-order valence-electron chi connectivity index (χ0n) is 14.1. The van der Waals surface area contributed by atoms with E-state index in [0.717, 1.165) is 17.5 Å². The molecule has 0 saturated carbocycles. The molecule has 1 fully saturated rings. The molecular weight excluding hydrogens is 391 g/mol. The number of benzene rings is 1. The maximum absolute atomic E-state index is 11.3. The lowest BCUT2D eigenvalue weighted by atomic mass is 10.1. The van der Waals surface area contributed by atoms with Gasteiger partial charge in [-0.2, -0.15) is 0 Å². The average molecular weight is 407 g/mol. The Hall–Kier alpha value is -2.35. The van der Waals surface area contributed by atoms with E-state index in [1.807, 2.05) is 21.6 Å². The second kappa shape index (κ2) is 6.99. The van der Waals surface area contributed by atoms with E-state index in [4.69, 9.17) is 23.2 Å². The van der Waals surface area contributed by atoms with Crippen LogP contribution < -0.4 is 4.90 Å². The Kier molecular flexibility index (Phi) is 4.67. The number of nitrogens with zero attached hydrogens (tertiary/aromatic N) is 4. The third-order valence-corrected chi connectivity index (χ3v) is 5.63. The number of carbonyl (C=O) groups is 1. The van der Waals surface area contributed by atoms with Crippen LogP contribution in [0.15, 0.2) is 36.9 Å². The average Bonchev–Trinajstić information content (AvgIpc) is 3.35. The van der Waals surface area contributed by atoms with Gasteiger partial charge in [0.2, 0.25) is 0 Å². The van der Waals surface area contributed by atoms with Gasteiger partial charge in [-0.1, -0.05) is 23.2 Å². The molecule has 0 amide bonds. The summed E-state index contributed by atoms with van der Waals surface area (Å²) < 4.78 is 1.83. The number of halogens is 2. The Morgan fingerprint density at radius 3 is 2.85 bits per heavy atom. The van der Waals surface area contributed by atoms with Gasteiger partial charge < -0.3 is 19.7 Å². The number of fused-ring (bicyclic) bond motifs is 1. The van der Waals surface area contributed by atoms with Gasteiger partial charge in [0.15, 0.2) is 6.10 Å². The summed E-state index contributed by atoms with van der Waals surface area (Å²) in [4.78, 5) is 21.8. The van der Waals surface area contributed by atoms with Gasteiger partial charge in [0.25, 0.3) is 0 Å². The third kappa shape index (κ3) is 3.12. The number of hydrogen-bond acceptors (Lipinski definition) is 5. The molecule has 0 spiro atoms. The van der Waals surface area contributed by atoms with Crippen LogP contribution in [0.4, 0.5) is 5.82 Å². The minimum atomic E-state index is -1.49. The number of anilines is 1. The molecule has 9 heteroatoms. The lowest BCUT2D eigenvalue weighted by Gasteiger charge is -2.28. The van der Waals surface area contributed by atoms with E-state index in [-0.39, 0.29) is 0 Å². The summed E-state index contributed by atoms with van der Waals surface area (Å²) in [6, 6.07) is 4.84. The summed E-state index contributed by atoms with van der Waals surface area (Å²) in [6.07, 6.45) is 4.96. The van der Waals surface area contributed by atoms with Gasteiger partial charge >= 0.3 is 5.97 Å². The maximum Gasteiger partial charge on any atom is 0.334 e. The van der Waals surface area contributed by atoms with E-state index in [1.165, 1.54) is 0 Å². The summed E-state index contributed by atoms with van der Waals surface area (Å²) >= 11 is 12.6. The Morgan fingerprint density at radius 1 is 1.33 bits per heavy atom. The van der Waals surface area contributed by atoms with E-state index in [0.29, 0.717) is 34.3 Å². The second-order valence-corrected chi connectivity index (χ2v) is 7.20. The Labute approximate surface area is 164 Å². The highest BCUT2D eigenvalue weighted by Crippen LogP contribution is 2.36. The van der Waals surface area contributed by atoms with Crippen LogP contribution >= 0.6 is 23.2 Å². The predicted molar refractivity (Wildman–Crippen MR) is 103 cm³/mol. The number of carboxylic acid groups (broad SMARTS) is 1. The van der Waals surface area contributed by atoms with Crippen LogP contribution in [-0.2, 0) is 4.79 Å². The van der Waals surface area contributed by atoms with Crippen LogP contribution in [0.3, 0.4) is 0 Å². The molecule has 3 aromatic rings. The van der Waals surface area contributed by atoms with Gasteiger partial charge in [-0.3, -0.25) is 0 Å². The summed E-state index contributed by atoms with van der Waals surface area (Å²) in [7, 11) is 0. The Bertz CT molecular complexity index is 1010. The first-order valence-electron chi connectivity index (χ1n) is 8.42. The number of carboxylic acids is 1. The van der Waals surface area contributed by atoms with Crippen molar-refractivity contribution in [1.29, 1.82) is 0 Å². The first-order chi connectivity index (χ1) is 13.0. The molecule has 2 aromatic heterocycles. The number of aliphatic hydroxyl groups excluding tert-OH is 1. The van der Waals surface area contributed by atoms with Crippen LogP contribution in [0.1, 0.15) is 12.8 Å². The van der Waals surface area contributed by atoms with E-state index in [9.17, 15) is 15.0 Å². The van der Waals surface area contributed by atoms with Gasteiger partial charge in [0.05, 0.1) is 33.6 Å². The lowest BCUT2D eigenvalue weighted by Crippen LogP contribution is -2.43. The molecule has 27 heavy (non-hydrogen) atoms. The molecule has 7 nitrogen and oxygen atoms in total. The normalized spacial score (nSPS) is 18.2. The highest BCUT2D eigenvalue weighted by atomic mass is 35.5. The fourth-order valence-electron chi connectivity index (χ4n) is 3.53. The standard InChI is InChI=1S/C18H16Cl2N4O3/c19-11-4-3-10-13(23-7-5-21-9-23)8-14(22-16(10)15(11)20)24-6-1-2-12(24)17(25)18(26)27/h3-5,7-9,12,17,25H,1-2,6H2,(H,26,27)/t12-,17+/m0/s1. The molecule has 1 aliphatic rings. The molecule has 1 saturated heterocycles. The van der Waals surface area contributed by atoms with Gasteiger partial charge in [-0.25, -0.2) is 14.8 Å². The highest BCUT2D eigenvalue weighted by Gasteiger charge is 2.36. The quantitative estimate of drug-likeness (QED) is 0.691. The van der Waals surface area contributed by atoms with Crippen molar-refractivity contribution in [3.8, 4) is 5.69 Å². The molecule has 1 aromatic carbocycles. The molecule has 0 bridgehead atoms. The van der Waals surface area contributed by atoms with E-state index in [2.05, 4.69) is 9.97 Å². The Balaban J connectivity index is 1.91. The van der Waals surface area contributed by atoms with Gasteiger partial charge in [0, 0.05) is 30.4 Å². The molecule has 0 aliphatic carbocycles. The van der Waals surface area contributed by atoms with Crippen molar-refractivity contribution in [3.05, 3.63) is 47.0 Å². The Morgan fingerprint density at radius 2 is 2.15 bits per heavy atom. The summed E-state index contributed by atoms with van der Waals surface area (Å²) in [6.45, 7) is 0.592. The first kappa shape index (κ1) is 18.0. The zero-order valence-corrected chi connectivity index (χ0v) is 15.6. The van der Waals surface area contributed by atoms with Gasteiger partial charge in [-0.05, 0) is 25.0 Å². The van der Waals surface area contributed by atoms with Crippen LogP contribution in [0.25, 0.3) is 16.6 Å². The summed E-state index contributed by atoms with van der Waals surface area (Å²) in [5.74, 6) is -0.707. The smallest absolute Gasteiger partial charge is 0.334 e. The van der Waals surface area contributed by atoms with Crippen LogP contribution in [0, 0.1) is 0 Å². The van der Waals surface area contributed by atoms with Crippen molar-refractivity contribution >= 4 is 45.9 Å². The van der Waals surface area contributed by atoms with Crippen molar-refractivity contribution in [2.75, 3.05) is 11.4 Å². The van der Waals surface area contributed by atoms with Crippen molar-refractivity contribution in [1.82, 2.24) is 14.5 Å². The fraction of sp³-hybridized carbons (Fsp3) is 0.278. The molecule has 2 atom stereocenters. The van der Waals surface area contributed by atoms with Crippen molar-refractivity contribution in [3.63, 3.8) is 0 Å². The molecule has 140 valence electrons. The number of rotatable bonds is 4. The number of imidazole rings is 1. The van der Waals surface area contributed by atoms with E-state index >= 15 is 0 Å². The van der Waals surface area contributed by atoms with E-state index in [1.54, 1.807) is 24.8 Å². The molecule has 3 heterocycles. The number of aromatic nitrogens is 3. The minimum absolute atomic E-state index is 0.326. The third-order valence-electron chi connectivity index (χ3n) is 4.83. The number of aliphatic carboxylic acids is 1. The predicted octanol–water partition coefficient (Wildman–Crippen LogP) is 3.14. The molecule has 0 radical (unpaired) electrons. The molecule has 1 aliphatic heterocycles. The highest BCUT2D eigenvalue weighted by molar-refractivity contribution is 6.45. The zero-order chi connectivity index (χ0) is 19.1. The number of aliphatic hydroxyl groups is 1. The van der Waals surface area contributed by atoms with Gasteiger partial charge in [-0.15, -0.1) is 0 Å². The van der Waals surface area contributed by atoms with Crippen molar-refractivity contribution < 1.29 is 15.0 Å². The number of pyridine rings is 1. The van der Waals surface area contributed by atoms with Crippen molar-refractivity contribution in [2.45, 2.75) is 25.0 Å². The molecule has 4 rings (SSSR count). The largest absolute Gasteiger partial charge is 0.479 e. The van der Waals surface area contributed by atoms with Crippen LogP contribution in [-0.4, -0.2) is 49.4 Å². The topological polar surface area (TPSA) is 91.5 Å². The monoisotopic (exact) mass is 406 g/mol. The summed E-state index contributed by atoms with van der Waals surface area (Å²) in [5.41, 5.74) is 1.31. The fourth-order valence-corrected chi connectivity index (χ4v) is 3.89. The lowest BCUT2D eigenvalue weighted by molar-refractivity contribution is -0.147. The van der Waals surface area contributed by atoms with Crippen LogP contribution in [0.5, 0.6) is 0 Å². The molecule has 2 N–H and O–H groups in total. The van der Waals surface area contributed by atoms with Crippen LogP contribution in [0.2, 0.25) is 10.0 Å². The number of hydrogen-bond donors (Lipinski definition) is 2. The second-order valence-electron chi connectivity index (χ2n) is 6.41. The molecule has 0 unspecified atom stereocenters. The first-order valence-corrected chi connectivity index (χ1v) is 9.17. The van der Waals surface area contributed by atoms with Gasteiger partial charge in [0.1, 0.15) is 5.82 Å². The van der Waals surface area contributed by atoms with Crippen molar-refractivity contribution in [2.24, 2.45) is 0 Å². The summed E-state index contributed by atoms with van der Waals surface area (Å²) in [5, 5.41) is 20.8.